The summed E-state index contributed by atoms with van der Waals surface area (Å²) in [5.74, 6) is -0.474. The smallest absolute Gasteiger partial charge is 0.411 e. The molecule has 1 amide bonds. The molecule has 0 aromatic heterocycles. The number of carbonyl (C=O) groups is 1. The summed E-state index contributed by atoms with van der Waals surface area (Å²) in [4.78, 5) is 14.5. The Kier molecular flexibility index (Phi) is 5.24. The molecule has 0 unspecified atom stereocenters. The van der Waals surface area contributed by atoms with Gasteiger partial charge in [-0.1, -0.05) is 17.4 Å². The van der Waals surface area contributed by atoms with Gasteiger partial charge >= 0.3 is 6.09 Å². The molecule has 30 heavy (non-hydrogen) atoms. The maximum absolute atomic E-state index is 15.2. The number of carbonyl (C=O) groups excluding carboxylic acids is 1. The number of aliphatic hydroxyl groups is 1. The molecule has 3 aliphatic heterocycles. The number of rotatable bonds is 4. The summed E-state index contributed by atoms with van der Waals surface area (Å²) in [5, 5.41) is 21.2. The van der Waals surface area contributed by atoms with Crippen molar-refractivity contribution in [2.45, 2.75) is 76.7 Å². The number of nitrogens with zero attached hydrogens (tertiary/aromatic N) is 4. The minimum absolute atomic E-state index is 0.0961. The van der Waals surface area contributed by atoms with E-state index in [1.807, 2.05) is 32.7 Å². The summed E-state index contributed by atoms with van der Waals surface area (Å²) >= 11 is 0. The highest BCUT2D eigenvalue weighted by atomic mass is 19.1. The first-order chi connectivity index (χ1) is 14.1. The number of hydrogen-bond donors (Lipinski definition) is 1. The lowest BCUT2D eigenvalue weighted by molar-refractivity contribution is -0.00944. The predicted octanol–water partition coefficient (Wildman–Crippen LogP) is 4.74. The molecule has 2 bridgehead atoms. The average molecular weight is 419 g/mol. The van der Waals surface area contributed by atoms with Gasteiger partial charge in [0.25, 0.3) is 0 Å². The van der Waals surface area contributed by atoms with Crippen LogP contribution in [-0.2, 0) is 4.74 Å². The fourth-order valence-electron chi connectivity index (χ4n) is 5.06. The van der Waals surface area contributed by atoms with Crippen LogP contribution in [0.15, 0.2) is 28.5 Å². The molecule has 1 aromatic carbocycles. The van der Waals surface area contributed by atoms with Gasteiger partial charge in [-0.25, -0.2) is 9.18 Å². The van der Waals surface area contributed by atoms with Gasteiger partial charge in [0, 0.05) is 24.2 Å². The topological polar surface area (TPSA) is 77.7 Å². The molecule has 7 nitrogen and oxygen atoms in total. The van der Waals surface area contributed by atoms with Crippen molar-refractivity contribution < 1.29 is 19.0 Å². The standard InChI is InChI=1S/C22H31FN4O3/c1-21(2,3)30-20(29)27-18(14-12-22(27,4)13-14)19(28)15-8-7-9-16(17(15)23)24-25-26-10-5-6-11-26/h7-9,14,18-19,28H,5-6,10-13H2,1-4H3/b25-24+/t14?,18-,19-,22?/m1/s1. The van der Waals surface area contributed by atoms with Crippen molar-refractivity contribution in [3.05, 3.63) is 29.6 Å². The van der Waals surface area contributed by atoms with Crippen LogP contribution in [0.25, 0.3) is 0 Å². The van der Waals surface area contributed by atoms with E-state index in [-0.39, 0.29) is 22.7 Å². The third-order valence-corrected chi connectivity index (χ3v) is 6.37. The molecule has 4 aliphatic rings. The van der Waals surface area contributed by atoms with Gasteiger partial charge in [0.05, 0.1) is 6.04 Å². The first-order valence-electron chi connectivity index (χ1n) is 10.7. The summed E-state index contributed by atoms with van der Waals surface area (Å²) in [7, 11) is 0. The quantitative estimate of drug-likeness (QED) is 0.717. The van der Waals surface area contributed by atoms with E-state index < -0.39 is 29.7 Å². The summed E-state index contributed by atoms with van der Waals surface area (Å²) in [6, 6.07) is 4.25. The summed E-state index contributed by atoms with van der Waals surface area (Å²) in [6.45, 7) is 9.08. The van der Waals surface area contributed by atoms with Gasteiger partial charge < -0.3 is 9.84 Å². The second kappa shape index (κ2) is 7.48. The number of fused-ring (bicyclic) bond motifs is 1. The number of hydrogen-bond acceptors (Lipinski definition) is 5. The van der Waals surface area contributed by atoms with E-state index in [1.54, 1.807) is 23.1 Å². The zero-order chi connectivity index (χ0) is 21.7. The molecular weight excluding hydrogens is 387 g/mol. The van der Waals surface area contributed by atoms with Gasteiger partial charge in [-0.15, -0.1) is 5.11 Å². The van der Waals surface area contributed by atoms with Crippen LogP contribution in [0, 0.1) is 11.7 Å². The minimum Gasteiger partial charge on any atom is -0.444 e. The molecule has 164 valence electrons. The van der Waals surface area contributed by atoms with E-state index >= 15 is 4.39 Å². The van der Waals surface area contributed by atoms with Crippen LogP contribution in [0.1, 0.15) is 65.0 Å². The Labute approximate surface area is 176 Å². The van der Waals surface area contributed by atoms with Crippen LogP contribution in [0.3, 0.4) is 0 Å². The largest absolute Gasteiger partial charge is 0.444 e. The lowest BCUT2D eigenvalue weighted by Crippen LogP contribution is -2.49. The maximum Gasteiger partial charge on any atom is 0.411 e. The fourth-order valence-corrected chi connectivity index (χ4v) is 5.06. The Bertz CT molecular complexity index is 841. The van der Waals surface area contributed by atoms with Crippen molar-refractivity contribution in [1.82, 2.24) is 9.91 Å². The highest BCUT2D eigenvalue weighted by Crippen LogP contribution is 2.57. The third-order valence-electron chi connectivity index (χ3n) is 6.37. The second-order valence-corrected chi connectivity index (χ2v) is 9.98. The molecule has 8 heteroatoms. The van der Waals surface area contributed by atoms with Crippen molar-refractivity contribution in [2.75, 3.05) is 13.1 Å². The van der Waals surface area contributed by atoms with Crippen LogP contribution in [0.5, 0.6) is 0 Å². The molecule has 5 rings (SSSR count). The molecule has 3 saturated heterocycles. The molecule has 1 N–H and O–H groups in total. The number of ether oxygens (including phenoxy) is 1. The number of amides is 1. The van der Waals surface area contributed by atoms with Gasteiger partial charge in [-0.3, -0.25) is 9.91 Å². The van der Waals surface area contributed by atoms with Crippen LogP contribution in [-0.4, -0.2) is 51.4 Å². The zero-order valence-corrected chi connectivity index (χ0v) is 18.1. The van der Waals surface area contributed by atoms with E-state index in [2.05, 4.69) is 10.3 Å². The van der Waals surface area contributed by atoms with E-state index in [4.69, 9.17) is 4.74 Å². The lowest BCUT2D eigenvalue weighted by atomic mass is 9.72. The lowest BCUT2D eigenvalue weighted by Gasteiger charge is -2.39. The van der Waals surface area contributed by atoms with Crippen molar-refractivity contribution in [1.29, 1.82) is 0 Å². The minimum atomic E-state index is -1.16. The van der Waals surface area contributed by atoms with E-state index in [9.17, 15) is 9.90 Å². The normalized spacial score (nSPS) is 29.4. The molecule has 4 fully saturated rings. The van der Waals surface area contributed by atoms with Crippen molar-refractivity contribution in [3.8, 4) is 0 Å². The first-order valence-corrected chi connectivity index (χ1v) is 10.7. The molecule has 2 atom stereocenters. The highest BCUT2D eigenvalue weighted by Gasteiger charge is 2.63. The SMILES string of the molecule is CC(C)(C)OC(=O)N1[C@@H]([C@H](O)c2cccc(/N=N/N3CCCC3)c2F)C2CC1(C)C2. The summed E-state index contributed by atoms with van der Waals surface area (Å²) in [5.41, 5.74) is -0.763. The Morgan fingerprint density at radius 3 is 2.60 bits per heavy atom. The second-order valence-electron chi connectivity index (χ2n) is 9.98. The zero-order valence-electron chi connectivity index (χ0n) is 18.1. The summed E-state index contributed by atoms with van der Waals surface area (Å²) < 4.78 is 20.8. The number of benzene rings is 1. The highest BCUT2D eigenvalue weighted by molar-refractivity contribution is 5.71. The molecular formula is C22H31FN4O3. The van der Waals surface area contributed by atoms with Gasteiger partial charge in [0.2, 0.25) is 0 Å². The van der Waals surface area contributed by atoms with Crippen molar-refractivity contribution in [3.63, 3.8) is 0 Å². The summed E-state index contributed by atoms with van der Waals surface area (Å²) in [6.07, 6.45) is 2.06. The van der Waals surface area contributed by atoms with E-state index in [1.165, 1.54) is 0 Å². The van der Waals surface area contributed by atoms with Gasteiger partial charge in [0.15, 0.2) is 5.82 Å². The van der Waals surface area contributed by atoms with E-state index in [0.29, 0.717) is 0 Å². The molecule has 3 heterocycles. The number of aliphatic hydroxyl groups excluding tert-OH is 1. The van der Waals surface area contributed by atoms with Crippen LogP contribution in [0.4, 0.5) is 14.9 Å². The van der Waals surface area contributed by atoms with Crippen LogP contribution < -0.4 is 0 Å². The van der Waals surface area contributed by atoms with Crippen molar-refractivity contribution in [2.24, 2.45) is 16.3 Å². The first kappa shape index (κ1) is 21.0. The van der Waals surface area contributed by atoms with E-state index in [0.717, 1.165) is 38.8 Å². The molecule has 0 spiro atoms. The molecule has 0 radical (unpaired) electrons. The third kappa shape index (κ3) is 3.77. The fraction of sp³-hybridized carbons (Fsp3) is 0.682. The Morgan fingerprint density at radius 2 is 1.97 bits per heavy atom. The number of halogens is 1. The predicted molar refractivity (Wildman–Crippen MR) is 110 cm³/mol. The Morgan fingerprint density at radius 1 is 1.30 bits per heavy atom. The van der Waals surface area contributed by atoms with Gasteiger partial charge in [-0.05, 0) is 65.4 Å². The van der Waals surface area contributed by atoms with Gasteiger partial charge in [0.1, 0.15) is 17.4 Å². The monoisotopic (exact) mass is 418 g/mol. The molecule has 1 aromatic rings. The van der Waals surface area contributed by atoms with Crippen LogP contribution in [0.2, 0.25) is 0 Å². The Balaban J connectivity index is 1.58. The molecule has 1 aliphatic carbocycles. The van der Waals surface area contributed by atoms with Gasteiger partial charge in [-0.2, -0.15) is 0 Å². The van der Waals surface area contributed by atoms with Crippen LogP contribution >= 0.6 is 0 Å². The average Bonchev–Trinajstić information content (AvgIpc) is 3.31. The Hall–Kier alpha value is -2.22. The van der Waals surface area contributed by atoms with Crippen molar-refractivity contribution >= 4 is 11.8 Å². The maximum atomic E-state index is 15.2. The molecule has 1 saturated carbocycles.